The van der Waals surface area contributed by atoms with E-state index in [0.717, 1.165) is 13.1 Å². The molecule has 1 aromatic heterocycles. The van der Waals surface area contributed by atoms with Crippen molar-refractivity contribution in [2.24, 2.45) is 0 Å². The summed E-state index contributed by atoms with van der Waals surface area (Å²) in [5, 5.41) is 13.4. The van der Waals surface area contributed by atoms with Crippen LogP contribution in [0.3, 0.4) is 0 Å². The van der Waals surface area contributed by atoms with Gasteiger partial charge >= 0.3 is 0 Å². The Bertz CT molecular complexity index is 534. The summed E-state index contributed by atoms with van der Waals surface area (Å²) in [6.45, 7) is 7.14. The number of hydrogen-bond donors (Lipinski definition) is 2. The number of benzene rings is 1. The fourth-order valence-corrected chi connectivity index (χ4v) is 2.21. The first-order chi connectivity index (χ1) is 9.70. The van der Waals surface area contributed by atoms with Crippen LogP contribution in [0.1, 0.15) is 19.4 Å². The number of nitrogens with one attached hydrogen (secondary N) is 1. The highest BCUT2D eigenvalue weighted by atomic mass is 16.5. The first-order valence-corrected chi connectivity index (χ1v) is 7.20. The fourth-order valence-electron chi connectivity index (χ4n) is 2.21. The van der Waals surface area contributed by atoms with Crippen molar-refractivity contribution in [3.8, 4) is 0 Å². The number of nitrogens with zero attached hydrogens (tertiary/aromatic N) is 1. The summed E-state index contributed by atoms with van der Waals surface area (Å²) in [5.74, 6) is 0. The van der Waals surface area contributed by atoms with Crippen molar-refractivity contribution in [1.29, 1.82) is 0 Å². The average Bonchev–Trinajstić information content (AvgIpc) is 2.84. The molecule has 0 radical (unpaired) electrons. The van der Waals surface area contributed by atoms with E-state index < -0.39 is 0 Å². The second-order valence-corrected chi connectivity index (χ2v) is 5.27. The van der Waals surface area contributed by atoms with Crippen LogP contribution in [0.2, 0.25) is 0 Å². The van der Waals surface area contributed by atoms with E-state index in [1.807, 2.05) is 0 Å². The zero-order valence-corrected chi connectivity index (χ0v) is 12.3. The molecule has 4 nitrogen and oxygen atoms in total. The van der Waals surface area contributed by atoms with Gasteiger partial charge in [0.15, 0.2) is 0 Å². The number of ether oxygens (including phenoxy) is 1. The van der Waals surface area contributed by atoms with E-state index in [4.69, 9.17) is 9.84 Å². The number of aliphatic hydroxyl groups excluding tert-OH is 1. The largest absolute Gasteiger partial charge is 0.394 e. The first-order valence-electron chi connectivity index (χ1n) is 7.20. The van der Waals surface area contributed by atoms with Crippen LogP contribution >= 0.6 is 0 Å². The van der Waals surface area contributed by atoms with Gasteiger partial charge in [-0.2, -0.15) is 0 Å². The minimum Gasteiger partial charge on any atom is -0.394 e. The second-order valence-electron chi connectivity index (χ2n) is 5.27. The van der Waals surface area contributed by atoms with Gasteiger partial charge in [0.25, 0.3) is 0 Å². The van der Waals surface area contributed by atoms with Crippen LogP contribution < -0.4 is 5.32 Å². The van der Waals surface area contributed by atoms with Crippen molar-refractivity contribution in [3.63, 3.8) is 0 Å². The molecule has 0 saturated heterocycles. The first kappa shape index (κ1) is 15.0. The molecule has 0 saturated carbocycles. The van der Waals surface area contributed by atoms with Gasteiger partial charge in [-0.25, -0.2) is 0 Å². The lowest BCUT2D eigenvalue weighted by molar-refractivity contribution is 0.0875. The second kappa shape index (κ2) is 7.43. The molecule has 0 fully saturated rings. The molecule has 1 heterocycles. The summed E-state index contributed by atoms with van der Waals surface area (Å²) in [6, 6.07) is 9.20. The van der Waals surface area contributed by atoms with Gasteiger partial charge in [0.05, 0.1) is 19.8 Å². The van der Waals surface area contributed by atoms with E-state index in [2.05, 4.69) is 54.2 Å². The molecular formula is C16H24N2O2. The number of aromatic nitrogens is 1. The molecular weight excluding hydrogens is 252 g/mol. The monoisotopic (exact) mass is 276 g/mol. The van der Waals surface area contributed by atoms with Crippen LogP contribution in [-0.4, -0.2) is 35.5 Å². The Kier molecular flexibility index (Phi) is 5.59. The third-order valence-corrected chi connectivity index (χ3v) is 3.26. The smallest absolute Gasteiger partial charge is 0.0698 e. The maximum absolute atomic E-state index is 8.68. The molecule has 110 valence electrons. The lowest BCUT2D eigenvalue weighted by atomic mass is 10.1. The van der Waals surface area contributed by atoms with Gasteiger partial charge in [-0.3, -0.25) is 0 Å². The number of hydrogen-bond acceptors (Lipinski definition) is 3. The molecule has 4 heteroatoms. The van der Waals surface area contributed by atoms with E-state index in [-0.39, 0.29) is 6.61 Å². The Morgan fingerprint density at radius 2 is 2.10 bits per heavy atom. The SMILES string of the molecule is CC(C)NCc1ccc2c(ccn2CCOCCO)c1. The van der Waals surface area contributed by atoms with Crippen LogP contribution in [0.4, 0.5) is 0 Å². The van der Waals surface area contributed by atoms with Crippen molar-refractivity contribution in [1.82, 2.24) is 9.88 Å². The number of fused-ring (bicyclic) bond motifs is 1. The number of rotatable bonds is 8. The molecule has 1 aromatic carbocycles. The summed E-state index contributed by atoms with van der Waals surface area (Å²) in [4.78, 5) is 0. The van der Waals surface area contributed by atoms with Crippen molar-refractivity contribution in [2.75, 3.05) is 19.8 Å². The molecule has 0 unspecified atom stereocenters. The van der Waals surface area contributed by atoms with E-state index in [0.29, 0.717) is 19.3 Å². The van der Waals surface area contributed by atoms with Gasteiger partial charge in [-0.15, -0.1) is 0 Å². The van der Waals surface area contributed by atoms with Crippen LogP contribution in [0.15, 0.2) is 30.5 Å². The normalized spacial score (nSPS) is 11.6. The van der Waals surface area contributed by atoms with E-state index in [1.54, 1.807) is 0 Å². The maximum Gasteiger partial charge on any atom is 0.0698 e. The predicted octanol–water partition coefficient (Wildman–Crippen LogP) is 2.15. The quantitative estimate of drug-likeness (QED) is 0.726. The summed E-state index contributed by atoms with van der Waals surface area (Å²) in [6.07, 6.45) is 2.09. The zero-order valence-electron chi connectivity index (χ0n) is 12.3. The van der Waals surface area contributed by atoms with Crippen LogP contribution in [0.25, 0.3) is 10.9 Å². The van der Waals surface area contributed by atoms with Gasteiger partial charge in [-0.05, 0) is 29.1 Å². The molecule has 0 amide bonds. The van der Waals surface area contributed by atoms with E-state index >= 15 is 0 Å². The topological polar surface area (TPSA) is 46.4 Å². The lowest BCUT2D eigenvalue weighted by Crippen LogP contribution is -2.21. The molecule has 0 aliphatic carbocycles. The maximum atomic E-state index is 8.68. The Labute approximate surface area is 120 Å². The summed E-state index contributed by atoms with van der Waals surface area (Å²) < 4.78 is 7.50. The Morgan fingerprint density at radius 1 is 1.25 bits per heavy atom. The molecule has 2 aromatic rings. The van der Waals surface area contributed by atoms with Gasteiger partial charge in [0.2, 0.25) is 0 Å². The average molecular weight is 276 g/mol. The Morgan fingerprint density at radius 3 is 2.85 bits per heavy atom. The van der Waals surface area contributed by atoms with Gasteiger partial charge < -0.3 is 19.7 Å². The molecule has 0 aliphatic heterocycles. The summed E-state index contributed by atoms with van der Waals surface area (Å²) in [7, 11) is 0. The van der Waals surface area contributed by atoms with Crippen LogP contribution in [0, 0.1) is 0 Å². The minimum absolute atomic E-state index is 0.0820. The molecule has 0 aliphatic rings. The fraction of sp³-hybridized carbons (Fsp3) is 0.500. The third-order valence-electron chi connectivity index (χ3n) is 3.26. The minimum atomic E-state index is 0.0820. The van der Waals surface area contributed by atoms with Crippen molar-refractivity contribution in [3.05, 3.63) is 36.0 Å². The summed E-state index contributed by atoms with van der Waals surface area (Å²) >= 11 is 0. The van der Waals surface area contributed by atoms with Crippen LogP contribution in [-0.2, 0) is 17.8 Å². The third kappa shape index (κ3) is 4.07. The Hall–Kier alpha value is -1.36. The van der Waals surface area contributed by atoms with Gasteiger partial charge in [-0.1, -0.05) is 19.9 Å². The van der Waals surface area contributed by atoms with E-state index in [1.165, 1.54) is 16.5 Å². The highest BCUT2D eigenvalue weighted by Crippen LogP contribution is 2.17. The number of aliphatic hydroxyl groups is 1. The highest BCUT2D eigenvalue weighted by Gasteiger charge is 2.03. The molecule has 20 heavy (non-hydrogen) atoms. The summed E-state index contributed by atoms with van der Waals surface area (Å²) in [5.41, 5.74) is 2.53. The van der Waals surface area contributed by atoms with Crippen molar-refractivity contribution < 1.29 is 9.84 Å². The van der Waals surface area contributed by atoms with Gasteiger partial charge in [0, 0.05) is 30.8 Å². The molecule has 0 atom stereocenters. The molecule has 0 spiro atoms. The van der Waals surface area contributed by atoms with Crippen LogP contribution in [0.5, 0.6) is 0 Å². The Balaban J connectivity index is 2.00. The predicted molar refractivity (Wildman–Crippen MR) is 81.8 cm³/mol. The zero-order chi connectivity index (χ0) is 14.4. The molecule has 0 bridgehead atoms. The van der Waals surface area contributed by atoms with Gasteiger partial charge in [0.1, 0.15) is 0 Å². The lowest BCUT2D eigenvalue weighted by Gasteiger charge is -2.09. The standard InChI is InChI=1S/C16H24N2O2/c1-13(2)17-12-14-3-4-16-15(11-14)5-6-18(16)7-9-20-10-8-19/h3-6,11,13,17,19H,7-10,12H2,1-2H3. The highest BCUT2D eigenvalue weighted by molar-refractivity contribution is 5.80. The molecule has 2 rings (SSSR count). The van der Waals surface area contributed by atoms with Crippen molar-refractivity contribution in [2.45, 2.75) is 33.0 Å². The molecule has 2 N–H and O–H groups in total. The van der Waals surface area contributed by atoms with E-state index in [9.17, 15) is 0 Å². The van der Waals surface area contributed by atoms with Crippen molar-refractivity contribution >= 4 is 10.9 Å².